The second-order valence-corrected chi connectivity index (χ2v) is 20.2. The Morgan fingerprint density at radius 3 is 0.595 bits per heavy atom. The number of hydrogen-bond donors (Lipinski definition) is 0. The zero-order valence-electron chi connectivity index (χ0n) is 49.3. The number of rotatable bonds is 24. The van der Waals surface area contributed by atoms with Crippen LogP contribution in [-0.4, -0.2) is 57.5 Å². The van der Waals surface area contributed by atoms with Crippen molar-refractivity contribution < 1.29 is 42.8 Å². The minimum Gasteiger partial charge on any atom is -0.494 e. The summed E-state index contributed by atoms with van der Waals surface area (Å²) >= 11 is 0. The number of carbonyl (C=O) groups excluding carboxylic acids is 3. The summed E-state index contributed by atoms with van der Waals surface area (Å²) < 4.78 is 35.7. The Hall–Kier alpha value is -9.51. The van der Waals surface area contributed by atoms with Crippen LogP contribution in [-0.2, 0) is 14.2 Å². The smallest absolute Gasteiger partial charge is 0.338 e. The highest BCUT2D eigenvalue weighted by atomic mass is 16.5. The number of ether oxygens (including phenoxy) is 6. The first-order valence-electron chi connectivity index (χ1n) is 29.5. The van der Waals surface area contributed by atoms with Gasteiger partial charge in [-0.05, 0) is 148 Å². The van der Waals surface area contributed by atoms with Crippen molar-refractivity contribution in [2.45, 2.75) is 119 Å². The predicted octanol–water partition coefficient (Wildman–Crippen LogP) is 17.7. The Kier molecular flexibility index (Phi) is 24.7. The molecule has 0 spiro atoms. The van der Waals surface area contributed by atoms with Gasteiger partial charge in [-0.3, -0.25) is 0 Å². The maximum Gasteiger partial charge on any atom is 0.338 e. The summed E-state index contributed by atoms with van der Waals surface area (Å²) in [6.07, 6.45) is 10.2. The Bertz CT molecular complexity index is 3140. The van der Waals surface area contributed by atoms with Crippen LogP contribution in [0.25, 0.3) is 64.6 Å². The van der Waals surface area contributed by atoms with Gasteiger partial charge in [-0.15, -0.1) is 0 Å². The maximum atomic E-state index is 13.6. The van der Waals surface area contributed by atoms with Crippen LogP contribution in [0.3, 0.4) is 0 Å². The van der Waals surface area contributed by atoms with Crippen LogP contribution >= 0.6 is 0 Å². The molecule has 0 atom stereocenters. The number of fused-ring (bicyclic) bond motifs is 12. The fourth-order valence-corrected chi connectivity index (χ4v) is 8.20. The Labute approximate surface area is 497 Å². The van der Waals surface area contributed by atoms with E-state index in [2.05, 4.69) is 93.6 Å². The van der Waals surface area contributed by atoms with Gasteiger partial charge in [-0.2, -0.15) is 0 Å². The van der Waals surface area contributed by atoms with E-state index in [1.807, 2.05) is 93.6 Å². The van der Waals surface area contributed by atoms with Gasteiger partial charge in [0.25, 0.3) is 0 Å². The molecule has 7 aromatic rings. The molecule has 9 nitrogen and oxygen atoms in total. The fraction of sp³-hybridized carbons (Fsp3) is 0.320. The van der Waals surface area contributed by atoms with Gasteiger partial charge in [0.15, 0.2) is 0 Å². The van der Waals surface area contributed by atoms with Gasteiger partial charge in [-0.25, -0.2) is 14.4 Å². The second kappa shape index (κ2) is 33.4. The molecular weight excluding hydrogens is 1040 g/mol. The molecule has 0 saturated heterocycles. The van der Waals surface area contributed by atoms with Crippen molar-refractivity contribution >= 4 is 82.5 Å². The molecule has 0 unspecified atom stereocenters. The van der Waals surface area contributed by atoms with Crippen LogP contribution in [0.5, 0.6) is 17.2 Å². The van der Waals surface area contributed by atoms with Crippen LogP contribution < -0.4 is 14.2 Å². The van der Waals surface area contributed by atoms with Crippen molar-refractivity contribution in [2.75, 3.05) is 39.6 Å². The molecule has 0 saturated carbocycles. The van der Waals surface area contributed by atoms with Gasteiger partial charge in [0.1, 0.15) is 17.2 Å². The minimum atomic E-state index is -0.477. The summed E-state index contributed by atoms with van der Waals surface area (Å²) in [5.74, 6) is 0.363. The number of benzene rings is 6. The minimum absolute atomic E-state index is 0.281. The zero-order valence-corrected chi connectivity index (χ0v) is 49.3. The molecular formula is C75H72O9. The van der Waals surface area contributed by atoms with Crippen LogP contribution in [0, 0.1) is 72.8 Å². The first-order chi connectivity index (χ1) is 41.0. The normalized spacial score (nSPS) is 10.2. The second-order valence-electron chi connectivity index (χ2n) is 20.2. The van der Waals surface area contributed by atoms with Crippen molar-refractivity contribution in [1.29, 1.82) is 0 Å². The van der Waals surface area contributed by atoms with E-state index >= 15 is 0 Å². The highest BCUT2D eigenvalue weighted by molar-refractivity contribution is 5.95. The lowest BCUT2D eigenvalue weighted by Crippen LogP contribution is -2.06. The van der Waals surface area contributed by atoms with Crippen molar-refractivity contribution in [3.05, 3.63) is 199 Å². The summed E-state index contributed by atoms with van der Waals surface area (Å²) in [6.45, 7) is 14.8. The summed E-state index contributed by atoms with van der Waals surface area (Å²) in [7, 11) is 0. The highest BCUT2D eigenvalue weighted by Crippen LogP contribution is 2.22. The molecule has 0 aromatic heterocycles. The molecule has 0 fully saturated rings. The van der Waals surface area contributed by atoms with E-state index < -0.39 is 17.9 Å². The summed E-state index contributed by atoms with van der Waals surface area (Å²) in [4.78, 5) is 40.8. The van der Waals surface area contributed by atoms with E-state index in [1.54, 1.807) is 36.4 Å². The lowest BCUT2D eigenvalue weighted by atomic mass is 10.1. The third kappa shape index (κ3) is 20.5. The molecule has 0 heterocycles. The van der Waals surface area contributed by atoms with Crippen LogP contribution in [0.15, 0.2) is 109 Å². The molecule has 12 bridgehead atoms. The summed E-state index contributed by atoms with van der Waals surface area (Å²) in [6, 6.07) is 72.2. The van der Waals surface area contributed by atoms with Gasteiger partial charge >= 0.3 is 17.9 Å². The van der Waals surface area contributed by atoms with E-state index in [9.17, 15) is 14.4 Å². The fourth-order valence-electron chi connectivity index (χ4n) is 8.20. The number of carbonyl (C=O) groups is 3. The van der Waals surface area contributed by atoms with Crippen molar-refractivity contribution in [1.82, 2.24) is 0 Å². The third-order valence-corrected chi connectivity index (χ3v) is 12.8. The van der Waals surface area contributed by atoms with Crippen LogP contribution in [0.4, 0.5) is 0 Å². The molecule has 7 rings (SSSR count). The lowest BCUT2D eigenvalue weighted by Gasteiger charge is -2.05. The van der Waals surface area contributed by atoms with Crippen molar-refractivity contribution in [2.24, 2.45) is 0 Å². The molecule has 0 N–H and O–H groups in total. The molecule has 0 radical (unpaired) electrons. The van der Waals surface area contributed by atoms with E-state index in [1.165, 1.54) is 0 Å². The highest BCUT2D eigenvalue weighted by Gasteiger charge is 2.11. The lowest BCUT2D eigenvalue weighted by molar-refractivity contribution is 0.0490. The van der Waals surface area contributed by atoms with Crippen molar-refractivity contribution in [3.63, 3.8) is 0 Å². The molecule has 84 heavy (non-hydrogen) atoms. The molecule has 7 aromatic carbocycles. The quantitative estimate of drug-likeness (QED) is 0.0332. The van der Waals surface area contributed by atoms with Gasteiger partial charge < -0.3 is 28.4 Å². The average Bonchev–Trinajstić information content (AvgIpc) is 3.71. The Morgan fingerprint density at radius 1 is 0.250 bits per heavy atom. The Morgan fingerprint density at radius 2 is 0.417 bits per heavy atom. The molecule has 0 aliphatic heterocycles. The van der Waals surface area contributed by atoms with E-state index in [-0.39, 0.29) is 19.8 Å². The summed E-state index contributed by atoms with van der Waals surface area (Å²) in [5.41, 5.74) is 0.944. The standard InChI is InChI=1S/C75H72O9/c1-7-13-31-79-70-49-61-25-19-55-37-57(45-67(43-55)73(76)82-34-16-10-4)21-27-63-41-65(53-71(51-63)80-32-14-8-2)29-23-59-39-60(48-69(47-59)75(78)84-36-18-12-6)24-30-66-42-64(52-72(54-66)81-33-15-9-3)28-22-58-38-56(20-26-62(40-61)50-70)44-68(46-58)74(77)83-35-17-11-5/h37-54H,7-18,31-36H2,1-6H3. The predicted molar refractivity (Wildman–Crippen MR) is 334 cm³/mol. The maximum absolute atomic E-state index is 13.6. The first kappa shape index (κ1) is 62.1. The van der Waals surface area contributed by atoms with Gasteiger partial charge in [0.05, 0.1) is 56.3 Å². The average molecular weight is 1120 g/mol. The molecule has 426 valence electrons. The van der Waals surface area contributed by atoms with Gasteiger partial charge in [0, 0.05) is 64.6 Å². The summed E-state index contributed by atoms with van der Waals surface area (Å²) in [5, 5.41) is 7.03. The van der Waals surface area contributed by atoms with E-state index in [0.29, 0.717) is 118 Å². The SMILES string of the molecule is CCCCOC(=O)c1cc2c#cc3cc(OCCCC)cc(c#cc4cc(C(=O)OCCCC)cc(c#cc5cc(OCCCC)cc(c#cc6cc(C(=O)OCCCC)cc(c#cc7cc(OCCCC)cc(c#cc(c1)c2)c7)c6)c5)c4)c3. The number of hydrogen-bond acceptors (Lipinski definition) is 9. The topological polar surface area (TPSA) is 107 Å². The molecule has 0 aliphatic rings. The monoisotopic (exact) mass is 1120 g/mol. The van der Waals surface area contributed by atoms with E-state index in [0.717, 1.165) is 77.0 Å². The number of esters is 3. The van der Waals surface area contributed by atoms with Gasteiger partial charge in [-0.1, -0.05) is 153 Å². The molecule has 9 heteroatoms. The first-order valence-corrected chi connectivity index (χ1v) is 29.5. The largest absolute Gasteiger partial charge is 0.494 e. The molecule has 0 aliphatic carbocycles. The van der Waals surface area contributed by atoms with Crippen LogP contribution in [0.1, 0.15) is 150 Å². The number of unbranched alkanes of at least 4 members (excludes halogenated alkanes) is 6. The Balaban J connectivity index is 1.55. The van der Waals surface area contributed by atoms with E-state index in [4.69, 9.17) is 28.4 Å². The van der Waals surface area contributed by atoms with Gasteiger partial charge in [0.2, 0.25) is 0 Å². The van der Waals surface area contributed by atoms with Crippen molar-refractivity contribution in [3.8, 4) is 17.2 Å². The van der Waals surface area contributed by atoms with Crippen LogP contribution in [0.2, 0.25) is 0 Å². The third-order valence-electron chi connectivity index (χ3n) is 12.8. The zero-order chi connectivity index (χ0) is 59.3. The molecule has 0 amide bonds.